The molecular formula is C10H12O. The molecule has 0 spiro atoms. The summed E-state index contributed by atoms with van der Waals surface area (Å²) in [6.45, 7) is 12.2. The van der Waals surface area contributed by atoms with Crippen LogP contribution in [0.25, 0.3) is 0 Å². The van der Waals surface area contributed by atoms with Gasteiger partial charge < -0.3 is 0 Å². The highest BCUT2D eigenvalue weighted by Gasteiger charge is 2.04. The van der Waals surface area contributed by atoms with Crippen LogP contribution in [0.5, 0.6) is 0 Å². The molecule has 58 valence electrons. The van der Waals surface area contributed by atoms with E-state index in [0.29, 0.717) is 11.1 Å². The van der Waals surface area contributed by atoms with Gasteiger partial charge in [0.05, 0.1) is 0 Å². The monoisotopic (exact) mass is 148 g/mol. The standard InChI is InChI=1S/C10H12O/c1-5-7-9(6-2)10(11)8(3)4/h5-7H,1-3H2,4H3/b9-7+. The number of carbonyl (C=O) groups excluding carboxylic acids is 1. The predicted molar refractivity (Wildman–Crippen MR) is 48.3 cm³/mol. The maximum Gasteiger partial charge on any atom is 0.188 e. The third-order valence-corrected chi connectivity index (χ3v) is 1.17. The van der Waals surface area contributed by atoms with E-state index >= 15 is 0 Å². The van der Waals surface area contributed by atoms with Crippen LogP contribution in [0.3, 0.4) is 0 Å². The number of carbonyl (C=O) groups is 1. The van der Waals surface area contributed by atoms with Gasteiger partial charge in [-0.3, -0.25) is 4.79 Å². The topological polar surface area (TPSA) is 17.1 Å². The lowest BCUT2D eigenvalue weighted by Crippen LogP contribution is -1.99. The number of hydrogen-bond donors (Lipinski definition) is 0. The van der Waals surface area contributed by atoms with Gasteiger partial charge in [-0.1, -0.05) is 38.0 Å². The van der Waals surface area contributed by atoms with Gasteiger partial charge in [0.25, 0.3) is 0 Å². The lowest BCUT2D eigenvalue weighted by molar-refractivity contribution is -0.111. The smallest absolute Gasteiger partial charge is 0.188 e. The quantitative estimate of drug-likeness (QED) is 0.442. The maximum absolute atomic E-state index is 11.2. The van der Waals surface area contributed by atoms with Crippen molar-refractivity contribution in [2.45, 2.75) is 6.92 Å². The average molecular weight is 148 g/mol. The molecule has 0 saturated heterocycles. The zero-order chi connectivity index (χ0) is 8.85. The fraction of sp³-hybridized carbons (Fsp3) is 0.100. The van der Waals surface area contributed by atoms with Crippen molar-refractivity contribution >= 4 is 5.78 Å². The Morgan fingerprint density at radius 1 is 1.36 bits per heavy atom. The van der Waals surface area contributed by atoms with Crippen LogP contribution >= 0.6 is 0 Å². The highest BCUT2D eigenvalue weighted by Crippen LogP contribution is 2.04. The second kappa shape index (κ2) is 4.45. The molecule has 0 aromatic heterocycles. The van der Waals surface area contributed by atoms with Crippen LogP contribution in [0, 0.1) is 0 Å². The van der Waals surface area contributed by atoms with Gasteiger partial charge >= 0.3 is 0 Å². The lowest BCUT2D eigenvalue weighted by Gasteiger charge is -1.97. The average Bonchev–Trinajstić information content (AvgIpc) is 1.98. The van der Waals surface area contributed by atoms with Gasteiger partial charge in [-0.05, 0) is 12.5 Å². The molecular weight excluding hydrogens is 136 g/mol. The lowest BCUT2D eigenvalue weighted by atomic mass is 10.1. The van der Waals surface area contributed by atoms with Gasteiger partial charge in [0, 0.05) is 5.57 Å². The molecule has 0 atom stereocenters. The van der Waals surface area contributed by atoms with Crippen molar-refractivity contribution in [1.82, 2.24) is 0 Å². The summed E-state index contributed by atoms with van der Waals surface area (Å²) in [7, 11) is 0. The Balaban J connectivity index is 4.65. The molecule has 0 rings (SSSR count). The predicted octanol–water partition coefficient (Wildman–Crippen LogP) is 2.43. The minimum Gasteiger partial charge on any atom is -0.289 e. The summed E-state index contributed by atoms with van der Waals surface area (Å²) >= 11 is 0. The van der Waals surface area contributed by atoms with Gasteiger partial charge in [0.15, 0.2) is 5.78 Å². The molecule has 11 heavy (non-hydrogen) atoms. The molecule has 0 N–H and O–H groups in total. The molecule has 0 heterocycles. The van der Waals surface area contributed by atoms with Crippen molar-refractivity contribution in [2.75, 3.05) is 0 Å². The molecule has 0 bridgehead atoms. The number of Topliss-reactive ketones (excluding diaryl/α,β-unsaturated/α-hetero) is 1. The second-order valence-electron chi connectivity index (χ2n) is 2.17. The molecule has 1 nitrogen and oxygen atoms in total. The Kier molecular flexibility index (Phi) is 3.89. The highest BCUT2D eigenvalue weighted by atomic mass is 16.1. The Bertz CT molecular complexity index is 231. The molecule has 0 aliphatic carbocycles. The maximum atomic E-state index is 11.2. The first-order valence-electron chi connectivity index (χ1n) is 3.28. The molecule has 0 amide bonds. The molecule has 0 aromatic carbocycles. The van der Waals surface area contributed by atoms with Crippen LogP contribution in [-0.4, -0.2) is 5.78 Å². The van der Waals surface area contributed by atoms with Crippen LogP contribution in [0.15, 0.2) is 49.1 Å². The van der Waals surface area contributed by atoms with E-state index < -0.39 is 0 Å². The van der Waals surface area contributed by atoms with E-state index in [1.807, 2.05) is 0 Å². The zero-order valence-corrected chi connectivity index (χ0v) is 6.76. The second-order valence-corrected chi connectivity index (χ2v) is 2.17. The summed E-state index contributed by atoms with van der Waals surface area (Å²) in [5.74, 6) is -0.0834. The van der Waals surface area contributed by atoms with Gasteiger partial charge in [0.1, 0.15) is 0 Å². The van der Waals surface area contributed by atoms with E-state index in [-0.39, 0.29) is 5.78 Å². The van der Waals surface area contributed by atoms with Gasteiger partial charge in [-0.25, -0.2) is 0 Å². The summed E-state index contributed by atoms with van der Waals surface area (Å²) < 4.78 is 0. The van der Waals surface area contributed by atoms with Crippen molar-refractivity contribution in [3.05, 3.63) is 49.1 Å². The van der Waals surface area contributed by atoms with E-state index in [0.717, 1.165) is 0 Å². The first-order valence-corrected chi connectivity index (χ1v) is 3.28. The summed E-state index contributed by atoms with van der Waals surface area (Å²) in [5.41, 5.74) is 1.05. The summed E-state index contributed by atoms with van der Waals surface area (Å²) in [4.78, 5) is 11.2. The first kappa shape index (κ1) is 9.63. The van der Waals surface area contributed by atoms with Crippen LogP contribution in [0.4, 0.5) is 0 Å². The van der Waals surface area contributed by atoms with Crippen molar-refractivity contribution < 1.29 is 4.79 Å². The molecule has 0 aliphatic rings. The Labute approximate surface area is 67.4 Å². The number of ketones is 1. The molecule has 0 aromatic rings. The van der Waals surface area contributed by atoms with Gasteiger partial charge in [0.2, 0.25) is 0 Å². The molecule has 0 radical (unpaired) electrons. The largest absolute Gasteiger partial charge is 0.289 e. The normalized spacial score (nSPS) is 10.5. The van der Waals surface area contributed by atoms with Crippen molar-refractivity contribution in [1.29, 1.82) is 0 Å². The molecule has 1 heteroatoms. The van der Waals surface area contributed by atoms with E-state index in [1.165, 1.54) is 6.08 Å². The summed E-state index contributed by atoms with van der Waals surface area (Å²) in [5, 5.41) is 0. The summed E-state index contributed by atoms with van der Waals surface area (Å²) in [6, 6.07) is 0. The Hall–Kier alpha value is -1.37. The van der Waals surface area contributed by atoms with Crippen LogP contribution in [0.1, 0.15) is 6.92 Å². The molecule has 0 saturated carbocycles. The van der Waals surface area contributed by atoms with Gasteiger partial charge in [-0.15, -0.1) is 0 Å². The van der Waals surface area contributed by atoms with Gasteiger partial charge in [-0.2, -0.15) is 0 Å². The van der Waals surface area contributed by atoms with E-state index in [4.69, 9.17) is 0 Å². The van der Waals surface area contributed by atoms with Crippen molar-refractivity contribution in [3.8, 4) is 0 Å². The van der Waals surface area contributed by atoms with E-state index in [2.05, 4.69) is 19.7 Å². The van der Waals surface area contributed by atoms with E-state index in [1.54, 1.807) is 19.1 Å². The van der Waals surface area contributed by atoms with Crippen LogP contribution < -0.4 is 0 Å². The molecule has 0 aliphatic heterocycles. The van der Waals surface area contributed by atoms with Crippen molar-refractivity contribution in [3.63, 3.8) is 0 Å². The third kappa shape index (κ3) is 2.80. The molecule has 0 unspecified atom stereocenters. The Morgan fingerprint density at radius 2 is 1.91 bits per heavy atom. The van der Waals surface area contributed by atoms with Crippen LogP contribution in [-0.2, 0) is 4.79 Å². The number of rotatable bonds is 4. The molecule has 0 fully saturated rings. The first-order chi connectivity index (χ1) is 5.13. The number of hydrogen-bond acceptors (Lipinski definition) is 1. The zero-order valence-electron chi connectivity index (χ0n) is 6.76. The third-order valence-electron chi connectivity index (χ3n) is 1.17. The fourth-order valence-corrected chi connectivity index (χ4v) is 0.610. The summed E-state index contributed by atoms with van der Waals surface area (Å²) in [6.07, 6.45) is 4.67. The van der Waals surface area contributed by atoms with Crippen molar-refractivity contribution in [2.24, 2.45) is 0 Å². The van der Waals surface area contributed by atoms with E-state index in [9.17, 15) is 4.79 Å². The minimum atomic E-state index is -0.0834. The minimum absolute atomic E-state index is 0.0834. The SMILES string of the molecule is C=C/C=C(\C=C)C(=O)C(=C)C. The highest BCUT2D eigenvalue weighted by molar-refractivity contribution is 6.09. The fourth-order valence-electron chi connectivity index (χ4n) is 0.610. The Morgan fingerprint density at radius 3 is 2.18 bits per heavy atom. The van der Waals surface area contributed by atoms with Crippen LogP contribution in [0.2, 0.25) is 0 Å². The number of allylic oxidation sites excluding steroid dienone is 5.